The lowest BCUT2D eigenvalue weighted by Gasteiger charge is -2.35. The SMILES string of the molecule is CCC(CC)C1CNCC(c2cccc(OC(F)F)c2)O1. The molecule has 1 saturated heterocycles. The summed E-state index contributed by atoms with van der Waals surface area (Å²) in [6, 6.07) is 6.77. The second-order valence-electron chi connectivity index (χ2n) is 5.35. The Morgan fingerprint density at radius 3 is 2.71 bits per heavy atom. The van der Waals surface area contributed by atoms with Crippen LogP contribution in [0.3, 0.4) is 0 Å². The fraction of sp³-hybridized carbons (Fsp3) is 0.625. The third-order valence-corrected chi connectivity index (χ3v) is 4.04. The van der Waals surface area contributed by atoms with Crippen LogP contribution < -0.4 is 10.1 Å². The van der Waals surface area contributed by atoms with Gasteiger partial charge in [0.15, 0.2) is 0 Å². The van der Waals surface area contributed by atoms with Crippen molar-refractivity contribution in [2.24, 2.45) is 5.92 Å². The van der Waals surface area contributed by atoms with Gasteiger partial charge in [-0.3, -0.25) is 0 Å². The van der Waals surface area contributed by atoms with Gasteiger partial charge in [0.05, 0.1) is 12.2 Å². The molecule has 0 spiro atoms. The predicted octanol–water partition coefficient (Wildman–Crippen LogP) is 3.75. The minimum absolute atomic E-state index is 0.120. The molecule has 2 rings (SSSR count). The maximum atomic E-state index is 12.3. The van der Waals surface area contributed by atoms with Crippen LogP contribution in [0.5, 0.6) is 5.75 Å². The van der Waals surface area contributed by atoms with Gasteiger partial charge in [-0.05, 0) is 23.6 Å². The third kappa shape index (κ3) is 4.38. The van der Waals surface area contributed by atoms with Crippen LogP contribution in [0.15, 0.2) is 24.3 Å². The van der Waals surface area contributed by atoms with Crippen LogP contribution in [0, 0.1) is 5.92 Å². The lowest BCUT2D eigenvalue weighted by atomic mass is 9.94. The van der Waals surface area contributed by atoms with E-state index >= 15 is 0 Å². The third-order valence-electron chi connectivity index (χ3n) is 4.04. The van der Waals surface area contributed by atoms with Crippen molar-refractivity contribution in [2.45, 2.75) is 45.5 Å². The van der Waals surface area contributed by atoms with Crippen molar-refractivity contribution >= 4 is 0 Å². The van der Waals surface area contributed by atoms with Crippen molar-refractivity contribution in [2.75, 3.05) is 13.1 Å². The smallest absolute Gasteiger partial charge is 0.387 e. The van der Waals surface area contributed by atoms with Gasteiger partial charge in [-0.1, -0.05) is 38.8 Å². The minimum Gasteiger partial charge on any atom is -0.435 e. The molecule has 1 fully saturated rings. The van der Waals surface area contributed by atoms with Crippen molar-refractivity contribution in [1.82, 2.24) is 5.32 Å². The number of ether oxygens (including phenoxy) is 2. The molecule has 0 saturated carbocycles. The van der Waals surface area contributed by atoms with Crippen molar-refractivity contribution in [1.29, 1.82) is 0 Å². The summed E-state index contributed by atoms with van der Waals surface area (Å²) in [4.78, 5) is 0. The maximum Gasteiger partial charge on any atom is 0.387 e. The molecule has 0 bridgehead atoms. The van der Waals surface area contributed by atoms with Crippen LogP contribution >= 0.6 is 0 Å². The van der Waals surface area contributed by atoms with E-state index in [4.69, 9.17) is 4.74 Å². The fourth-order valence-corrected chi connectivity index (χ4v) is 2.84. The number of morpholine rings is 1. The van der Waals surface area contributed by atoms with Gasteiger partial charge in [-0.2, -0.15) is 8.78 Å². The highest BCUT2D eigenvalue weighted by Crippen LogP contribution is 2.29. The molecule has 0 radical (unpaired) electrons. The number of rotatable bonds is 6. The molecule has 5 heteroatoms. The van der Waals surface area contributed by atoms with Crippen molar-refractivity contribution in [3.05, 3.63) is 29.8 Å². The van der Waals surface area contributed by atoms with E-state index < -0.39 is 6.61 Å². The summed E-state index contributed by atoms with van der Waals surface area (Å²) in [6.45, 7) is 3.06. The summed E-state index contributed by atoms with van der Waals surface area (Å²) >= 11 is 0. The molecule has 1 aliphatic rings. The zero-order valence-electron chi connectivity index (χ0n) is 12.5. The van der Waals surface area contributed by atoms with Crippen LogP contribution in [0.25, 0.3) is 0 Å². The first-order valence-corrected chi connectivity index (χ1v) is 7.55. The van der Waals surface area contributed by atoms with Gasteiger partial charge >= 0.3 is 6.61 Å². The highest BCUT2D eigenvalue weighted by molar-refractivity contribution is 5.30. The number of halogens is 2. The van der Waals surface area contributed by atoms with Crippen molar-refractivity contribution in [3.8, 4) is 5.75 Å². The minimum atomic E-state index is -2.80. The molecule has 1 heterocycles. The first-order valence-electron chi connectivity index (χ1n) is 7.55. The van der Waals surface area contributed by atoms with Crippen LogP contribution in [0.1, 0.15) is 38.4 Å². The molecule has 1 aliphatic heterocycles. The average Bonchev–Trinajstić information content (AvgIpc) is 2.48. The molecule has 21 heavy (non-hydrogen) atoms. The van der Waals surface area contributed by atoms with E-state index in [9.17, 15) is 8.78 Å². The molecule has 118 valence electrons. The molecule has 1 aromatic rings. The summed E-state index contributed by atoms with van der Waals surface area (Å²) in [5, 5.41) is 3.38. The Hall–Kier alpha value is -1.20. The van der Waals surface area contributed by atoms with E-state index in [2.05, 4.69) is 23.9 Å². The molecule has 0 amide bonds. The Morgan fingerprint density at radius 1 is 1.29 bits per heavy atom. The van der Waals surface area contributed by atoms with E-state index in [1.165, 1.54) is 6.07 Å². The van der Waals surface area contributed by atoms with Gasteiger partial charge in [0.2, 0.25) is 0 Å². The first-order chi connectivity index (χ1) is 10.1. The first kappa shape index (κ1) is 16.2. The number of nitrogens with one attached hydrogen (secondary N) is 1. The predicted molar refractivity (Wildman–Crippen MR) is 77.6 cm³/mol. The summed E-state index contributed by atoms with van der Waals surface area (Å²) in [5.74, 6) is 0.691. The van der Waals surface area contributed by atoms with Crippen LogP contribution in [-0.4, -0.2) is 25.8 Å². The van der Waals surface area contributed by atoms with Crippen molar-refractivity contribution < 1.29 is 18.3 Å². The topological polar surface area (TPSA) is 30.5 Å². The zero-order valence-corrected chi connectivity index (χ0v) is 12.5. The summed E-state index contributed by atoms with van der Waals surface area (Å²) in [6.07, 6.45) is 2.19. The molecule has 2 unspecified atom stereocenters. The highest BCUT2D eigenvalue weighted by atomic mass is 19.3. The number of alkyl halides is 2. The van der Waals surface area contributed by atoms with Gasteiger partial charge in [-0.25, -0.2) is 0 Å². The molecule has 1 N–H and O–H groups in total. The standard InChI is InChI=1S/C16H23F2NO2/c1-3-11(4-2)14-9-19-10-15(21-14)12-6-5-7-13(8-12)20-16(17)18/h5-8,11,14-16,19H,3-4,9-10H2,1-2H3. The second kappa shape index (κ2) is 7.71. The molecule has 3 nitrogen and oxygen atoms in total. The Balaban J connectivity index is 2.07. The Labute approximate surface area is 124 Å². The second-order valence-corrected chi connectivity index (χ2v) is 5.35. The monoisotopic (exact) mass is 299 g/mol. The summed E-state index contributed by atoms with van der Waals surface area (Å²) in [5.41, 5.74) is 0.872. The van der Waals surface area contributed by atoms with Gasteiger partial charge in [0.1, 0.15) is 5.75 Å². The fourth-order valence-electron chi connectivity index (χ4n) is 2.84. The summed E-state index contributed by atoms with van der Waals surface area (Å²) in [7, 11) is 0. The van der Waals surface area contributed by atoms with Crippen LogP contribution in [0.2, 0.25) is 0 Å². The molecular weight excluding hydrogens is 276 g/mol. The van der Waals surface area contributed by atoms with E-state index in [0.717, 1.165) is 24.9 Å². The highest BCUT2D eigenvalue weighted by Gasteiger charge is 2.28. The van der Waals surface area contributed by atoms with Crippen LogP contribution in [-0.2, 0) is 4.74 Å². The molecule has 2 atom stereocenters. The zero-order chi connectivity index (χ0) is 15.2. The van der Waals surface area contributed by atoms with Gasteiger partial charge in [0.25, 0.3) is 0 Å². The van der Waals surface area contributed by atoms with E-state index in [1.54, 1.807) is 12.1 Å². The lowest BCUT2D eigenvalue weighted by molar-refractivity contribution is -0.0696. The number of benzene rings is 1. The normalized spacial score (nSPS) is 22.8. The van der Waals surface area contributed by atoms with E-state index in [0.29, 0.717) is 12.5 Å². The van der Waals surface area contributed by atoms with E-state index in [1.807, 2.05) is 6.07 Å². The number of hydrogen-bond acceptors (Lipinski definition) is 3. The number of hydrogen-bond donors (Lipinski definition) is 1. The van der Waals surface area contributed by atoms with Crippen LogP contribution in [0.4, 0.5) is 8.78 Å². The largest absolute Gasteiger partial charge is 0.435 e. The molecular formula is C16H23F2NO2. The maximum absolute atomic E-state index is 12.3. The average molecular weight is 299 g/mol. The quantitative estimate of drug-likeness (QED) is 0.867. The van der Waals surface area contributed by atoms with E-state index in [-0.39, 0.29) is 18.0 Å². The molecule has 0 aromatic heterocycles. The molecule has 1 aromatic carbocycles. The van der Waals surface area contributed by atoms with Gasteiger partial charge < -0.3 is 14.8 Å². The van der Waals surface area contributed by atoms with Gasteiger partial charge in [-0.15, -0.1) is 0 Å². The Bertz CT molecular complexity index is 438. The summed E-state index contributed by atoms with van der Waals surface area (Å²) < 4.78 is 35.2. The van der Waals surface area contributed by atoms with Gasteiger partial charge in [0, 0.05) is 13.1 Å². The Morgan fingerprint density at radius 2 is 2.05 bits per heavy atom. The van der Waals surface area contributed by atoms with Crippen molar-refractivity contribution in [3.63, 3.8) is 0 Å². The lowest BCUT2D eigenvalue weighted by Crippen LogP contribution is -2.44. The Kier molecular flexibility index (Phi) is 5.94. The molecule has 0 aliphatic carbocycles.